The van der Waals surface area contributed by atoms with Gasteiger partial charge in [0, 0.05) is 10.3 Å². The highest BCUT2D eigenvalue weighted by atomic mass is 79.9. The van der Waals surface area contributed by atoms with E-state index in [1.54, 1.807) is 18.4 Å². The Balaban J connectivity index is 2.33. The van der Waals surface area contributed by atoms with Crippen LogP contribution in [0.4, 0.5) is 0 Å². The molecule has 78 valence electrons. The average molecular weight is 277 g/mol. The van der Waals surface area contributed by atoms with Crippen LogP contribution in [0.3, 0.4) is 0 Å². The van der Waals surface area contributed by atoms with Gasteiger partial charge in [-0.2, -0.15) is 0 Å². The number of hydrogen-bond donors (Lipinski definition) is 1. The summed E-state index contributed by atoms with van der Waals surface area (Å²) in [5.74, 6) is 0. The van der Waals surface area contributed by atoms with Crippen LogP contribution in [0.2, 0.25) is 0 Å². The topological polar surface area (TPSA) is 29.5 Å². The Morgan fingerprint density at radius 2 is 2.29 bits per heavy atom. The molecule has 1 aromatic heterocycles. The molecule has 0 radical (unpaired) electrons. The Bertz CT molecular complexity index is 342. The predicted molar refractivity (Wildman–Crippen MR) is 61.2 cm³/mol. The minimum absolute atomic E-state index is 0.0178. The molecule has 14 heavy (non-hydrogen) atoms. The molecule has 1 aromatic rings. The summed E-state index contributed by atoms with van der Waals surface area (Å²) in [5, 5.41) is 10.6. The van der Waals surface area contributed by atoms with Crippen molar-refractivity contribution in [3.63, 3.8) is 0 Å². The molecule has 1 aliphatic rings. The summed E-state index contributed by atoms with van der Waals surface area (Å²) in [4.78, 5) is 1.23. The fourth-order valence-electron chi connectivity index (χ4n) is 1.74. The lowest BCUT2D eigenvalue weighted by atomic mass is 9.99. The molecule has 2 rings (SSSR count). The molecule has 0 spiro atoms. The molecule has 0 amide bonds. The van der Waals surface area contributed by atoms with Gasteiger partial charge in [-0.15, -0.1) is 11.3 Å². The first-order valence-electron chi connectivity index (χ1n) is 4.62. The molecule has 0 aliphatic heterocycles. The Hall–Kier alpha value is -0.0600. The Morgan fingerprint density at radius 1 is 1.64 bits per heavy atom. The summed E-state index contributed by atoms with van der Waals surface area (Å²) in [6, 6.07) is 2.07. The third-order valence-corrected chi connectivity index (χ3v) is 5.09. The molecule has 1 aliphatic carbocycles. The third kappa shape index (κ3) is 1.49. The van der Waals surface area contributed by atoms with E-state index in [1.165, 1.54) is 4.88 Å². The van der Waals surface area contributed by atoms with Crippen LogP contribution >= 0.6 is 27.3 Å². The van der Waals surface area contributed by atoms with E-state index in [2.05, 4.69) is 22.0 Å². The van der Waals surface area contributed by atoms with Gasteiger partial charge in [0.15, 0.2) is 5.06 Å². The Labute approximate surface area is 96.0 Å². The van der Waals surface area contributed by atoms with Gasteiger partial charge >= 0.3 is 0 Å². The monoisotopic (exact) mass is 276 g/mol. The summed E-state index contributed by atoms with van der Waals surface area (Å²) >= 11 is 5.08. The summed E-state index contributed by atoms with van der Waals surface area (Å²) in [6.07, 6.45) is 1.90. The fraction of sp³-hybridized carbons (Fsp3) is 0.600. The second kappa shape index (κ2) is 3.51. The number of aliphatic hydroxyl groups is 1. The van der Waals surface area contributed by atoms with Crippen LogP contribution in [0.5, 0.6) is 5.06 Å². The SMILES string of the molecule is COc1sc(C2(C(C)O)CC2)cc1Br. The lowest BCUT2D eigenvalue weighted by Crippen LogP contribution is -2.21. The van der Waals surface area contributed by atoms with Crippen molar-refractivity contribution in [2.45, 2.75) is 31.3 Å². The quantitative estimate of drug-likeness (QED) is 0.920. The van der Waals surface area contributed by atoms with Crippen molar-refractivity contribution in [2.75, 3.05) is 7.11 Å². The van der Waals surface area contributed by atoms with Gasteiger partial charge in [-0.05, 0) is 41.8 Å². The van der Waals surface area contributed by atoms with Crippen LogP contribution in [0.15, 0.2) is 10.5 Å². The van der Waals surface area contributed by atoms with Crippen molar-refractivity contribution in [3.05, 3.63) is 15.4 Å². The zero-order chi connectivity index (χ0) is 10.3. The number of ether oxygens (including phenoxy) is 1. The lowest BCUT2D eigenvalue weighted by molar-refractivity contribution is 0.152. The highest BCUT2D eigenvalue weighted by Crippen LogP contribution is 2.55. The lowest BCUT2D eigenvalue weighted by Gasteiger charge is -2.15. The largest absolute Gasteiger partial charge is 0.486 e. The molecule has 1 heterocycles. The van der Waals surface area contributed by atoms with E-state index in [0.29, 0.717) is 0 Å². The van der Waals surface area contributed by atoms with Crippen molar-refractivity contribution >= 4 is 27.3 Å². The molecule has 4 heteroatoms. The van der Waals surface area contributed by atoms with Gasteiger partial charge in [-0.1, -0.05) is 0 Å². The van der Waals surface area contributed by atoms with Crippen molar-refractivity contribution in [2.24, 2.45) is 0 Å². The maximum absolute atomic E-state index is 9.72. The van der Waals surface area contributed by atoms with Crippen LogP contribution in [-0.2, 0) is 5.41 Å². The number of halogens is 1. The Morgan fingerprint density at radius 3 is 2.64 bits per heavy atom. The maximum atomic E-state index is 9.72. The molecule has 1 fully saturated rings. The number of thiophene rings is 1. The van der Waals surface area contributed by atoms with Gasteiger partial charge < -0.3 is 9.84 Å². The molecule has 1 atom stereocenters. The first-order chi connectivity index (χ1) is 6.60. The second-order valence-corrected chi connectivity index (χ2v) is 5.65. The van der Waals surface area contributed by atoms with Crippen LogP contribution in [-0.4, -0.2) is 18.3 Å². The number of hydrogen-bond acceptors (Lipinski definition) is 3. The smallest absolute Gasteiger partial charge is 0.188 e. The van der Waals surface area contributed by atoms with E-state index >= 15 is 0 Å². The summed E-state index contributed by atoms with van der Waals surface area (Å²) < 4.78 is 6.21. The van der Waals surface area contributed by atoms with Crippen molar-refractivity contribution in [3.8, 4) is 5.06 Å². The van der Waals surface area contributed by atoms with Crippen molar-refractivity contribution in [1.82, 2.24) is 0 Å². The number of rotatable bonds is 3. The van der Waals surface area contributed by atoms with Gasteiger partial charge in [-0.25, -0.2) is 0 Å². The molecular formula is C10H13BrO2S. The maximum Gasteiger partial charge on any atom is 0.188 e. The van der Waals surface area contributed by atoms with Crippen LogP contribution < -0.4 is 4.74 Å². The zero-order valence-corrected chi connectivity index (χ0v) is 10.6. The zero-order valence-electron chi connectivity index (χ0n) is 8.21. The van der Waals surface area contributed by atoms with E-state index in [4.69, 9.17) is 4.74 Å². The van der Waals surface area contributed by atoms with E-state index in [-0.39, 0.29) is 11.5 Å². The fourth-order valence-corrected chi connectivity index (χ4v) is 3.72. The summed E-state index contributed by atoms with van der Waals surface area (Å²) in [7, 11) is 1.67. The van der Waals surface area contributed by atoms with Crippen LogP contribution in [0.1, 0.15) is 24.6 Å². The first-order valence-corrected chi connectivity index (χ1v) is 6.23. The molecule has 1 unspecified atom stereocenters. The van der Waals surface area contributed by atoms with Gasteiger partial charge in [0.2, 0.25) is 0 Å². The van der Waals surface area contributed by atoms with Crippen LogP contribution in [0, 0.1) is 0 Å². The van der Waals surface area contributed by atoms with E-state index < -0.39 is 0 Å². The molecule has 0 aromatic carbocycles. The molecule has 0 bridgehead atoms. The van der Waals surface area contributed by atoms with Gasteiger partial charge in [0.05, 0.1) is 17.7 Å². The van der Waals surface area contributed by atoms with Crippen molar-refractivity contribution < 1.29 is 9.84 Å². The van der Waals surface area contributed by atoms with Gasteiger partial charge in [0.1, 0.15) is 0 Å². The van der Waals surface area contributed by atoms with E-state index in [1.807, 2.05) is 6.92 Å². The molecule has 1 saturated carbocycles. The highest BCUT2D eigenvalue weighted by molar-refractivity contribution is 9.10. The van der Waals surface area contributed by atoms with Crippen molar-refractivity contribution in [1.29, 1.82) is 0 Å². The third-order valence-electron chi connectivity index (χ3n) is 2.92. The standard InChI is InChI=1S/C10H13BrO2S/c1-6(12)10(3-4-10)8-5-7(11)9(13-2)14-8/h5-6,12H,3-4H2,1-2H3. The summed E-state index contributed by atoms with van der Waals surface area (Å²) in [6.45, 7) is 1.87. The molecule has 2 nitrogen and oxygen atoms in total. The predicted octanol–water partition coefficient (Wildman–Crippen LogP) is 2.93. The number of methoxy groups -OCH3 is 1. The van der Waals surface area contributed by atoms with Gasteiger partial charge in [-0.3, -0.25) is 0 Å². The number of aliphatic hydroxyl groups excluding tert-OH is 1. The van der Waals surface area contributed by atoms with E-state index in [9.17, 15) is 5.11 Å². The second-order valence-electron chi connectivity index (χ2n) is 3.78. The summed E-state index contributed by atoms with van der Waals surface area (Å²) in [5.41, 5.74) is 0.0178. The van der Waals surface area contributed by atoms with Gasteiger partial charge in [0.25, 0.3) is 0 Å². The Kier molecular flexibility index (Phi) is 2.62. The molecular weight excluding hydrogens is 264 g/mol. The highest BCUT2D eigenvalue weighted by Gasteiger charge is 2.49. The van der Waals surface area contributed by atoms with Crippen LogP contribution in [0.25, 0.3) is 0 Å². The minimum atomic E-state index is -0.266. The van der Waals surface area contributed by atoms with E-state index in [0.717, 1.165) is 22.4 Å². The average Bonchev–Trinajstić information content (AvgIpc) is 2.86. The molecule has 1 N–H and O–H groups in total. The minimum Gasteiger partial charge on any atom is -0.486 e. The first kappa shape index (κ1) is 10.5. The normalized spacial score (nSPS) is 20.6. The molecule has 0 saturated heterocycles.